The minimum absolute atomic E-state index is 0.0327. The van der Waals surface area contributed by atoms with Crippen molar-refractivity contribution in [1.82, 2.24) is 10.2 Å². The van der Waals surface area contributed by atoms with Crippen LogP contribution in [0.3, 0.4) is 0 Å². The molecule has 2 heterocycles. The maximum Gasteiger partial charge on any atom is 0.255 e. The molecule has 1 fully saturated rings. The Kier molecular flexibility index (Phi) is 6.53. The number of β-amino-alcohol motifs (C(OH)–C–C–N with tert-alkyl or cyclic N) is 1. The van der Waals surface area contributed by atoms with E-state index in [1.54, 1.807) is 18.4 Å². The fourth-order valence-electron chi connectivity index (χ4n) is 4.36. The number of halogens is 1. The molecule has 32 heavy (non-hydrogen) atoms. The van der Waals surface area contributed by atoms with E-state index in [1.807, 2.05) is 55.5 Å². The molecule has 1 aliphatic heterocycles. The second kappa shape index (κ2) is 9.51. The molecule has 1 aromatic heterocycles. The maximum atomic E-state index is 14.2. The Hall–Kier alpha value is -3.22. The van der Waals surface area contributed by atoms with Gasteiger partial charge in [0.2, 0.25) is 0 Å². The molecule has 166 valence electrons. The molecule has 5 nitrogen and oxygen atoms in total. The fourth-order valence-corrected chi connectivity index (χ4v) is 4.36. The molecule has 2 aromatic carbocycles. The summed E-state index contributed by atoms with van der Waals surface area (Å²) in [5, 5.41) is 14.3. The molecule has 0 spiro atoms. The number of amides is 1. The lowest BCUT2D eigenvalue weighted by Gasteiger charge is -2.46. The molecule has 1 amide bonds. The molecule has 4 rings (SSSR count). The maximum absolute atomic E-state index is 14.2. The average molecular weight is 435 g/mol. The first-order chi connectivity index (χ1) is 15.5. The lowest BCUT2D eigenvalue weighted by Crippen LogP contribution is -2.62. The third-order valence-corrected chi connectivity index (χ3v) is 5.97. The number of rotatable bonds is 6. The van der Waals surface area contributed by atoms with Crippen molar-refractivity contribution in [1.29, 1.82) is 0 Å². The number of carbonyl (C=O) groups excluding carboxylic acids is 1. The third kappa shape index (κ3) is 4.66. The highest BCUT2D eigenvalue weighted by molar-refractivity contribution is 5.95. The Morgan fingerprint density at radius 2 is 1.94 bits per heavy atom. The monoisotopic (exact) mass is 434 g/mol. The van der Waals surface area contributed by atoms with Crippen molar-refractivity contribution in [3.63, 3.8) is 0 Å². The van der Waals surface area contributed by atoms with E-state index in [1.165, 1.54) is 12.1 Å². The van der Waals surface area contributed by atoms with Gasteiger partial charge in [0, 0.05) is 19.6 Å². The first-order valence-electron chi connectivity index (χ1n) is 10.7. The molecule has 1 aliphatic rings. The molecule has 2 N–H and O–H groups in total. The van der Waals surface area contributed by atoms with E-state index >= 15 is 0 Å². The predicted molar refractivity (Wildman–Crippen MR) is 121 cm³/mol. The van der Waals surface area contributed by atoms with Gasteiger partial charge in [0.1, 0.15) is 11.6 Å². The molecule has 1 saturated heterocycles. The van der Waals surface area contributed by atoms with Crippen LogP contribution >= 0.6 is 0 Å². The van der Waals surface area contributed by atoms with E-state index in [2.05, 4.69) is 10.2 Å². The van der Waals surface area contributed by atoms with Crippen LogP contribution < -0.4 is 5.32 Å². The van der Waals surface area contributed by atoms with Crippen LogP contribution in [0, 0.1) is 5.82 Å². The van der Waals surface area contributed by atoms with Crippen molar-refractivity contribution in [2.24, 2.45) is 0 Å². The molecule has 0 aliphatic carbocycles. The standard InChI is InChI=1S/C26H27FN2O3/c1-19(16-21-10-7-15-32-21)17-29-14-13-26(24(30)18-29,20-8-3-2-4-9-20)28-25(31)22-11-5-6-12-23(22)27/h2-12,15-16,24,30H,13-14,17-18H2,1H3,(H,28,31)/b19-16+/t24-,26-/m1/s1. The number of hydrogen-bond donors (Lipinski definition) is 2. The number of aliphatic hydroxyl groups is 1. The summed E-state index contributed by atoms with van der Waals surface area (Å²) in [6.45, 7) is 3.72. The van der Waals surface area contributed by atoms with Crippen molar-refractivity contribution >= 4 is 12.0 Å². The van der Waals surface area contributed by atoms with Crippen molar-refractivity contribution in [3.8, 4) is 0 Å². The van der Waals surface area contributed by atoms with Crippen LogP contribution in [0.4, 0.5) is 4.39 Å². The number of benzene rings is 2. The highest BCUT2D eigenvalue weighted by Gasteiger charge is 2.45. The van der Waals surface area contributed by atoms with Crippen LogP contribution in [0.1, 0.15) is 35.0 Å². The van der Waals surface area contributed by atoms with Gasteiger partial charge in [0.05, 0.1) is 23.5 Å². The molecule has 0 bridgehead atoms. The number of hydrogen-bond acceptors (Lipinski definition) is 4. The second-order valence-electron chi connectivity index (χ2n) is 8.28. The van der Waals surface area contributed by atoms with Gasteiger partial charge in [0.15, 0.2) is 0 Å². The molecule has 0 unspecified atom stereocenters. The van der Waals surface area contributed by atoms with Crippen LogP contribution in [0.5, 0.6) is 0 Å². The summed E-state index contributed by atoms with van der Waals surface area (Å²) in [6.07, 6.45) is 3.24. The Bertz CT molecular complexity index is 1080. The zero-order valence-electron chi connectivity index (χ0n) is 18.0. The highest BCUT2D eigenvalue weighted by atomic mass is 19.1. The van der Waals surface area contributed by atoms with Gasteiger partial charge in [-0.1, -0.05) is 48.0 Å². The van der Waals surface area contributed by atoms with Gasteiger partial charge >= 0.3 is 0 Å². The number of likely N-dealkylation sites (tertiary alicyclic amines) is 1. The van der Waals surface area contributed by atoms with Crippen molar-refractivity contribution < 1.29 is 18.7 Å². The van der Waals surface area contributed by atoms with E-state index in [-0.39, 0.29) is 5.56 Å². The molecular formula is C26H27FN2O3. The van der Waals surface area contributed by atoms with Gasteiger partial charge in [-0.05, 0) is 49.2 Å². The zero-order chi connectivity index (χ0) is 22.6. The van der Waals surface area contributed by atoms with Gasteiger partial charge in [-0.15, -0.1) is 0 Å². The molecule has 6 heteroatoms. The number of nitrogens with one attached hydrogen (secondary N) is 1. The van der Waals surface area contributed by atoms with Gasteiger partial charge in [-0.25, -0.2) is 4.39 Å². The summed E-state index contributed by atoms with van der Waals surface area (Å²) in [4.78, 5) is 15.1. The van der Waals surface area contributed by atoms with Gasteiger partial charge in [-0.3, -0.25) is 9.69 Å². The summed E-state index contributed by atoms with van der Waals surface area (Å²) in [7, 11) is 0. The van der Waals surface area contributed by atoms with Crippen molar-refractivity contribution in [3.05, 3.63) is 101 Å². The average Bonchev–Trinajstić information content (AvgIpc) is 3.29. The summed E-state index contributed by atoms with van der Waals surface area (Å²) in [6, 6.07) is 19.1. The number of furan rings is 1. The first kappa shape index (κ1) is 22.0. The van der Waals surface area contributed by atoms with E-state index in [9.17, 15) is 14.3 Å². The third-order valence-electron chi connectivity index (χ3n) is 5.97. The molecule has 0 radical (unpaired) electrons. The lowest BCUT2D eigenvalue weighted by molar-refractivity contribution is -0.0127. The van der Waals surface area contributed by atoms with Crippen molar-refractivity contribution in [2.75, 3.05) is 19.6 Å². The van der Waals surface area contributed by atoms with Crippen LogP contribution in [-0.2, 0) is 5.54 Å². The molecule has 0 saturated carbocycles. The summed E-state index contributed by atoms with van der Waals surface area (Å²) >= 11 is 0. The smallest absolute Gasteiger partial charge is 0.255 e. The van der Waals surface area contributed by atoms with Crippen molar-refractivity contribution in [2.45, 2.75) is 25.0 Å². The normalized spacial score (nSPS) is 22.0. The van der Waals surface area contributed by atoms with Crippen LogP contribution in [-0.4, -0.2) is 41.7 Å². The SMILES string of the molecule is C/C(=C\c1ccco1)CN1CC[C@@](NC(=O)c2ccccc2F)(c2ccccc2)[C@H](O)C1. The molecular weight excluding hydrogens is 407 g/mol. The van der Waals surface area contributed by atoms with E-state index < -0.39 is 23.4 Å². The Balaban J connectivity index is 1.55. The summed E-state index contributed by atoms with van der Waals surface area (Å²) < 4.78 is 19.6. The van der Waals surface area contributed by atoms with Gasteiger partial charge < -0.3 is 14.8 Å². The second-order valence-corrected chi connectivity index (χ2v) is 8.28. The molecule has 2 atom stereocenters. The Morgan fingerprint density at radius 1 is 1.19 bits per heavy atom. The molecule has 3 aromatic rings. The highest BCUT2D eigenvalue weighted by Crippen LogP contribution is 2.34. The minimum Gasteiger partial charge on any atom is -0.465 e. The van der Waals surface area contributed by atoms with Crippen LogP contribution in [0.15, 0.2) is 83.0 Å². The Morgan fingerprint density at radius 3 is 2.62 bits per heavy atom. The fraction of sp³-hybridized carbons (Fsp3) is 0.269. The predicted octanol–water partition coefficient (Wildman–Crippen LogP) is 4.21. The number of aliphatic hydroxyl groups excluding tert-OH is 1. The largest absolute Gasteiger partial charge is 0.465 e. The van der Waals surface area contributed by atoms with Crippen LogP contribution in [0.2, 0.25) is 0 Å². The Labute approximate surface area is 187 Å². The minimum atomic E-state index is -1.00. The quantitative estimate of drug-likeness (QED) is 0.610. The zero-order valence-corrected chi connectivity index (χ0v) is 18.0. The summed E-state index contributed by atoms with van der Waals surface area (Å²) in [5.74, 6) is -0.331. The topological polar surface area (TPSA) is 65.7 Å². The van der Waals surface area contributed by atoms with E-state index in [0.29, 0.717) is 26.1 Å². The van der Waals surface area contributed by atoms with Gasteiger partial charge in [-0.2, -0.15) is 0 Å². The number of carbonyl (C=O) groups is 1. The van der Waals surface area contributed by atoms with Crippen LogP contribution in [0.25, 0.3) is 6.08 Å². The first-order valence-corrected chi connectivity index (χ1v) is 10.7. The summed E-state index contributed by atoms with van der Waals surface area (Å²) in [5.41, 5.74) is 0.875. The van der Waals surface area contributed by atoms with E-state index in [0.717, 1.165) is 16.9 Å². The number of piperidine rings is 1. The lowest BCUT2D eigenvalue weighted by atomic mass is 9.78. The number of nitrogens with zero attached hydrogens (tertiary/aromatic N) is 1. The van der Waals surface area contributed by atoms with Gasteiger partial charge in [0.25, 0.3) is 5.91 Å². The van der Waals surface area contributed by atoms with E-state index in [4.69, 9.17) is 4.42 Å².